The first-order chi connectivity index (χ1) is 12.1. The molecule has 0 saturated carbocycles. The van der Waals surface area contributed by atoms with E-state index in [0.717, 1.165) is 33.8 Å². The zero-order valence-corrected chi connectivity index (χ0v) is 14.6. The highest BCUT2D eigenvalue weighted by atomic mass is 35.5. The first kappa shape index (κ1) is 15.8. The zero-order valence-electron chi connectivity index (χ0n) is 13.8. The molecule has 5 heteroatoms. The minimum atomic E-state index is -0.0466. The molecule has 0 radical (unpaired) electrons. The van der Waals surface area contributed by atoms with Crippen molar-refractivity contribution >= 4 is 39.3 Å². The number of nitrogens with one attached hydrogen (secondary N) is 2. The number of aromatic nitrogens is 2. The van der Waals surface area contributed by atoms with Crippen LogP contribution >= 0.6 is 11.6 Å². The molecular weight excluding hydrogens is 334 g/mol. The van der Waals surface area contributed by atoms with Gasteiger partial charge in [-0.15, -0.1) is 0 Å². The third-order valence-electron chi connectivity index (χ3n) is 4.55. The lowest BCUT2D eigenvalue weighted by Gasteiger charge is -2.04. The summed E-state index contributed by atoms with van der Waals surface area (Å²) in [6.45, 7) is 0.571. The SMILES string of the molecule is Cn1cc(C(=O)NCCc2c[nH]c3ccc(Cl)cc23)c2ccccc21. The molecule has 1 amide bonds. The number of aromatic amines is 1. The zero-order chi connectivity index (χ0) is 17.4. The molecule has 2 aromatic carbocycles. The molecular formula is C20H18ClN3O. The number of benzene rings is 2. The molecule has 2 heterocycles. The summed E-state index contributed by atoms with van der Waals surface area (Å²) in [5, 5.41) is 5.82. The molecule has 2 aromatic heterocycles. The minimum absolute atomic E-state index is 0.0466. The van der Waals surface area contributed by atoms with Crippen LogP contribution in [0, 0.1) is 0 Å². The number of nitrogens with zero attached hydrogens (tertiary/aromatic N) is 1. The maximum absolute atomic E-state index is 12.6. The highest BCUT2D eigenvalue weighted by Gasteiger charge is 2.13. The van der Waals surface area contributed by atoms with Gasteiger partial charge in [0.05, 0.1) is 5.56 Å². The van der Waals surface area contributed by atoms with E-state index in [1.54, 1.807) is 0 Å². The van der Waals surface area contributed by atoms with Gasteiger partial charge in [0.1, 0.15) is 0 Å². The van der Waals surface area contributed by atoms with Crippen LogP contribution in [-0.2, 0) is 13.5 Å². The van der Waals surface area contributed by atoms with Gasteiger partial charge in [-0.1, -0.05) is 29.8 Å². The van der Waals surface area contributed by atoms with E-state index in [1.165, 1.54) is 0 Å². The van der Waals surface area contributed by atoms with E-state index in [-0.39, 0.29) is 5.91 Å². The van der Waals surface area contributed by atoms with Crippen LogP contribution in [0.5, 0.6) is 0 Å². The largest absolute Gasteiger partial charge is 0.361 e. The van der Waals surface area contributed by atoms with Crippen molar-refractivity contribution in [3.63, 3.8) is 0 Å². The summed E-state index contributed by atoms with van der Waals surface area (Å²) < 4.78 is 1.98. The van der Waals surface area contributed by atoms with Crippen molar-refractivity contribution in [3.8, 4) is 0 Å². The van der Waals surface area contributed by atoms with Gasteiger partial charge >= 0.3 is 0 Å². The van der Waals surface area contributed by atoms with E-state index < -0.39 is 0 Å². The number of hydrogen-bond donors (Lipinski definition) is 2. The predicted octanol–water partition coefficient (Wildman–Crippen LogP) is 4.29. The third kappa shape index (κ3) is 2.89. The van der Waals surface area contributed by atoms with Gasteiger partial charge < -0.3 is 14.9 Å². The van der Waals surface area contributed by atoms with Crippen LogP contribution in [0.2, 0.25) is 5.02 Å². The van der Waals surface area contributed by atoms with Crippen molar-refractivity contribution < 1.29 is 4.79 Å². The molecule has 0 aliphatic carbocycles. The lowest BCUT2D eigenvalue weighted by atomic mass is 10.1. The highest BCUT2D eigenvalue weighted by molar-refractivity contribution is 6.31. The molecule has 0 spiro atoms. The second kappa shape index (κ2) is 6.30. The van der Waals surface area contributed by atoms with Crippen LogP contribution in [0.25, 0.3) is 21.8 Å². The summed E-state index contributed by atoms with van der Waals surface area (Å²) in [6.07, 6.45) is 4.60. The van der Waals surface area contributed by atoms with Gasteiger partial charge in [0, 0.05) is 52.8 Å². The smallest absolute Gasteiger partial charge is 0.253 e. The molecule has 4 rings (SSSR count). The number of halogens is 1. The lowest BCUT2D eigenvalue weighted by molar-refractivity contribution is 0.0955. The monoisotopic (exact) mass is 351 g/mol. The second-order valence-electron chi connectivity index (χ2n) is 6.18. The van der Waals surface area contributed by atoms with E-state index in [1.807, 2.05) is 66.5 Å². The number of rotatable bonds is 4. The Hall–Kier alpha value is -2.72. The standard InChI is InChI=1S/C20H18ClN3O/c1-24-12-17(15-4-2-3-5-19(15)24)20(25)22-9-8-13-11-23-18-7-6-14(21)10-16(13)18/h2-7,10-12,23H,8-9H2,1H3,(H,22,25). The molecule has 2 N–H and O–H groups in total. The molecule has 0 aliphatic rings. The van der Waals surface area contributed by atoms with Crippen molar-refractivity contribution in [2.75, 3.05) is 6.54 Å². The van der Waals surface area contributed by atoms with Crippen molar-refractivity contribution in [1.82, 2.24) is 14.9 Å². The fourth-order valence-electron chi connectivity index (χ4n) is 3.29. The van der Waals surface area contributed by atoms with Gasteiger partial charge in [0.25, 0.3) is 5.91 Å². The van der Waals surface area contributed by atoms with Crippen LogP contribution in [0.15, 0.2) is 54.9 Å². The Labute approximate surface area is 150 Å². The summed E-state index contributed by atoms with van der Waals surface area (Å²) in [5.41, 5.74) is 3.97. The van der Waals surface area contributed by atoms with Gasteiger partial charge in [-0.25, -0.2) is 0 Å². The van der Waals surface area contributed by atoms with Crippen LogP contribution in [0.3, 0.4) is 0 Å². The molecule has 0 atom stereocenters. The Morgan fingerprint density at radius 3 is 2.92 bits per heavy atom. The van der Waals surface area contributed by atoms with E-state index in [2.05, 4.69) is 10.3 Å². The van der Waals surface area contributed by atoms with Crippen LogP contribution < -0.4 is 5.32 Å². The number of aryl methyl sites for hydroxylation is 1. The van der Waals surface area contributed by atoms with Gasteiger partial charge in [-0.2, -0.15) is 0 Å². The fourth-order valence-corrected chi connectivity index (χ4v) is 3.46. The average molecular weight is 352 g/mol. The average Bonchev–Trinajstić information content (AvgIpc) is 3.16. The highest BCUT2D eigenvalue weighted by Crippen LogP contribution is 2.23. The van der Waals surface area contributed by atoms with E-state index in [4.69, 9.17) is 11.6 Å². The van der Waals surface area contributed by atoms with Gasteiger partial charge in [-0.3, -0.25) is 4.79 Å². The molecule has 0 fully saturated rings. The Bertz CT molecular complexity index is 1080. The summed E-state index contributed by atoms with van der Waals surface area (Å²) in [6, 6.07) is 13.7. The molecule has 4 nitrogen and oxygen atoms in total. The van der Waals surface area contributed by atoms with E-state index >= 15 is 0 Å². The Morgan fingerprint density at radius 1 is 1.20 bits per heavy atom. The quantitative estimate of drug-likeness (QED) is 0.566. The minimum Gasteiger partial charge on any atom is -0.361 e. The second-order valence-corrected chi connectivity index (χ2v) is 6.62. The number of carbonyl (C=O) groups is 1. The Morgan fingerprint density at radius 2 is 2.04 bits per heavy atom. The van der Waals surface area contributed by atoms with Crippen LogP contribution in [0.1, 0.15) is 15.9 Å². The summed E-state index contributed by atoms with van der Waals surface area (Å²) >= 11 is 6.08. The summed E-state index contributed by atoms with van der Waals surface area (Å²) in [7, 11) is 1.95. The molecule has 0 aliphatic heterocycles. The van der Waals surface area contributed by atoms with E-state index in [9.17, 15) is 4.79 Å². The predicted molar refractivity (Wildman–Crippen MR) is 102 cm³/mol. The van der Waals surface area contributed by atoms with Crippen molar-refractivity contribution in [2.45, 2.75) is 6.42 Å². The fraction of sp³-hybridized carbons (Fsp3) is 0.150. The Kier molecular flexibility index (Phi) is 3.98. The third-order valence-corrected chi connectivity index (χ3v) is 4.79. The normalized spacial score (nSPS) is 11.3. The van der Waals surface area contributed by atoms with E-state index in [0.29, 0.717) is 17.1 Å². The summed E-state index contributed by atoms with van der Waals surface area (Å²) in [4.78, 5) is 15.8. The molecule has 0 saturated heterocycles. The number of amides is 1. The number of fused-ring (bicyclic) bond motifs is 2. The Balaban J connectivity index is 1.49. The lowest BCUT2D eigenvalue weighted by Crippen LogP contribution is -2.25. The first-order valence-electron chi connectivity index (χ1n) is 8.21. The first-order valence-corrected chi connectivity index (χ1v) is 8.59. The number of para-hydroxylation sites is 1. The number of hydrogen-bond acceptors (Lipinski definition) is 1. The van der Waals surface area contributed by atoms with Crippen LogP contribution in [-0.4, -0.2) is 22.0 Å². The van der Waals surface area contributed by atoms with Crippen molar-refractivity contribution in [1.29, 1.82) is 0 Å². The molecule has 0 unspecified atom stereocenters. The number of H-pyrrole nitrogens is 1. The maximum Gasteiger partial charge on any atom is 0.253 e. The molecule has 25 heavy (non-hydrogen) atoms. The van der Waals surface area contributed by atoms with Gasteiger partial charge in [0.2, 0.25) is 0 Å². The maximum atomic E-state index is 12.6. The molecule has 126 valence electrons. The van der Waals surface area contributed by atoms with Crippen molar-refractivity contribution in [3.05, 3.63) is 71.0 Å². The molecule has 4 aromatic rings. The molecule has 0 bridgehead atoms. The topological polar surface area (TPSA) is 49.8 Å². The van der Waals surface area contributed by atoms with Crippen LogP contribution in [0.4, 0.5) is 0 Å². The van der Waals surface area contributed by atoms with Crippen molar-refractivity contribution in [2.24, 2.45) is 7.05 Å². The summed E-state index contributed by atoms with van der Waals surface area (Å²) in [5.74, 6) is -0.0466. The van der Waals surface area contributed by atoms with Gasteiger partial charge in [-0.05, 0) is 36.2 Å². The van der Waals surface area contributed by atoms with Gasteiger partial charge in [0.15, 0.2) is 0 Å². The number of carbonyl (C=O) groups excluding carboxylic acids is 1.